The van der Waals surface area contributed by atoms with E-state index in [0.717, 1.165) is 4.47 Å². The molecule has 2 N–H and O–H groups in total. The van der Waals surface area contributed by atoms with Gasteiger partial charge in [0.2, 0.25) is 0 Å². The van der Waals surface area contributed by atoms with Gasteiger partial charge >= 0.3 is 6.09 Å². The lowest BCUT2D eigenvalue weighted by Gasteiger charge is -2.21. The molecule has 1 atom stereocenters. The number of rotatable bonds is 2. The fraction of sp³-hybridized carbons (Fsp3) is 0.462. The third kappa shape index (κ3) is 4.66. The minimum atomic E-state index is -0.664. The minimum absolute atomic E-state index is 0.536. The van der Waals surface area contributed by atoms with Crippen molar-refractivity contribution in [2.45, 2.75) is 39.4 Å². The van der Waals surface area contributed by atoms with Crippen molar-refractivity contribution in [1.29, 1.82) is 0 Å². The van der Waals surface area contributed by atoms with E-state index in [1.807, 2.05) is 6.07 Å². The number of carbonyl (C=O) groups excluding carboxylic acids is 1. The molecule has 0 aromatic heterocycles. The van der Waals surface area contributed by atoms with E-state index < -0.39 is 17.8 Å². The van der Waals surface area contributed by atoms with Crippen LogP contribution in [0.4, 0.5) is 10.5 Å². The highest BCUT2D eigenvalue weighted by Crippen LogP contribution is 2.27. The minimum Gasteiger partial charge on any atom is -0.444 e. The molecule has 5 heteroatoms. The van der Waals surface area contributed by atoms with Crippen molar-refractivity contribution in [3.05, 3.63) is 28.2 Å². The van der Waals surface area contributed by atoms with Gasteiger partial charge in [0.15, 0.2) is 0 Å². The van der Waals surface area contributed by atoms with Crippen molar-refractivity contribution < 1.29 is 14.6 Å². The van der Waals surface area contributed by atoms with E-state index in [4.69, 9.17) is 4.74 Å². The Hall–Kier alpha value is -1.07. The van der Waals surface area contributed by atoms with Gasteiger partial charge in [-0.2, -0.15) is 0 Å². The van der Waals surface area contributed by atoms with Crippen LogP contribution < -0.4 is 5.32 Å². The van der Waals surface area contributed by atoms with Gasteiger partial charge in [0.25, 0.3) is 0 Å². The summed E-state index contributed by atoms with van der Waals surface area (Å²) in [6.07, 6.45) is -1.20. The number of benzene rings is 1. The fourth-order valence-corrected chi connectivity index (χ4v) is 1.78. The molecule has 1 aromatic rings. The van der Waals surface area contributed by atoms with E-state index in [2.05, 4.69) is 21.2 Å². The molecule has 0 aliphatic heterocycles. The first-order valence-corrected chi connectivity index (χ1v) is 6.46. The Balaban J connectivity index is 2.89. The molecule has 18 heavy (non-hydrogen) atoms. The molecular weight excluding hydrogens is 298 g/mol. The van der Waals surface area contributed by atoms with Crippen molar-refractivity contribution in [2.75, 3.05) is 5.32 Å². The first-order chi connectivity index (χ1) is 8.19. The second-order valence-electron chi connectivity index (χ2n) is 5.03. The molecule has 4 nitrogen and oxygen atoms in total. The molecule has 0 unspecified atom stereocenters. The quantitative estimate of drug-likeness (QED) is 0.871. The van der Waals surface area contributed by atoms with Crippen molar-refractivity contribution in [1.82, 2.24) is 0 Å². The van der Waals surface area contributed by atoms with Crippen molar-refractivity contribution in [2.24, 2.45) is 0 Å². The zero-order valence-electron chi connectivity index (χ0n) is 11.0. The smallest absolute Gasteiger partial charge is 0.412 e. The summed E-state index contributed by atoms with van der Waals surface area (Å²) in [4.78, 5) is 11.7. The second-order valence-corrected chi connectivity index (χ2v) is 5.95. The van der Waals surface area contributed by atoms with Crippen LogP contribution in [0, 0.1) is 0 Å². The molecule has 0 aliphatic rings. The van der Waals surface area contributed by atoms with Gasteiger partial charge in [0, 0.05) is 10.0 Å². The van der Waals surface area contributed by atoms with Crippen LogP contribution in [0.3, 0.4) is 0 Å². The molecule has 0 bridgehead atoms. The predicted molar refractivity (Wildman–Crippen MR) is 74.6 cm³/mol. The summed E-state index contributed by atoms with van der Waals surface area (Å²) >= 11 is 3.32. The van der Waals surface area contributed by atoms with Crippen LogP contribution >= 0.6 is 15.9 Å². The zero-order valence-corrected chi connectivity index (χ0v) is 12.5. The number of ether oxygens (including phenoxy) is 1. The molecule has 0 radical (unpaired) electrons. The molecule has 1 rings (SSSR count). The van der Waals surface area contributed by atoms with Crippen LogP contribution in [0.1, 0.15) is 39.4 Å². The number of hydrogen-bond donors (Lipinski definition) is 2. The predicted octanol–water partition coefficient (Wildman–Crippen LogP) is 3.85. The van der Waals surface area contributed by atoms with Gasteiger partial charge in [-0.05, 0) is 39.8 Å². The van der Waals surface area contributed by atoms with Gasteiger partial charge in [-0.15, -0.1) is 0 Å². The van der Waals surface area contributed by atoms with E-state index in [1.165, 1.54) is 0 Å². The number of amides is 1. The molecule has 100 valence electrons. The molecule has 0 heterocycles. The van der Waals surface area contributed by atoms with Gasteiger partial charge in [-0.25, -0.2) is 4.79 Å². The lowest BCUT2D eigenvalue weighted by molar-refractivity contribution is 0.0635. The highest BCUT2D eigenvalue weighted by Gasteiger charge is 2.18. The Morgan fingerprint density at radius 2 is 2.06 bits per heavy atom. The number of aliphatic hydroxyl groups is 1. The standard InChI is InChI=1S/C13H18BrNO3/c1-8(16)10-6-5-9(14)7-11(10)15-12(17)18-13(2,3)4/h5-8,16H,1-4H3,(H,15,17)/t8-/m0/s1. The summed E-state index contributed by atoms with van der Waals surface area (Å²) in [5, 5.41) is 12.3. The van der Waals surface area contributed by atoms with Crippen LogP contribution in [-0.4, -0.2) is 16.8 Å². The normalized spacial score (nSPS) is 13.0. The van der Waals surface area contributed by atoms with Crippen LogP contribution in [0.5, 0.6) is 0 Å². The first kappa shape index (κ1) is 15.0. The Morgan fingerprint density at radius 1 is 1.44 bits per heavy atom. The van der Waals surface area contributed by atoms with Gasteiger partial charge in [0.05, 0.1) is 11.8 Å². The van der Waals surface area contributed by atoms with Gasteiger partial charge in [-0.3, -0.25) is 5.32 Å². The molecule has 0 saturated heterocycles. The molecular formula is C13H18BrNO3. The second kappa shape index (κ2) is 5.71. The number of hydrogen-bond acceptors (Lipinski definition) is 3. The van der Waals surface area contributed by atoms with E-state index in [9.17, 15) is 9.90 Å². The third-order valence-electron chi connectivity index (χ3n) is 2.10. The third-order valence-corrected chi connectivity index (χ3v) is 2.59. The van der Waals surface area contributed by atoms with E-state index in [-0.39, 0.29) is 0 Å². The van der Waals surface area contributed by atoms with E-state index in [1.54, 1.807) is 39.8 Å². The van der Waals surface area contributed by atoms with Crippen molar-refractivity contribution in [3.63, 3.8) is 0 Å². The monoisotopic (exact) mass is 315 g/mol. The molecule has 1 amide bonds. The van der Waals surface area contributed by atoms with Gasteiger partial charge in [-0.1, -0.05) is 22.0 Å². The van der Waals surface area contributed by atoms with E-state index >= 15 is 0 Å². The zero-order chi connectivity index (χ0) is 13.9. The van der Waals surface area contributed by atoms with Crippen LogP contribution in [0.25, 0.3) is 0 Å². The average molecular weight is 316 g/mol. The maximum Gasteiger partial charge on any atom is 0.412 e. The number of aliphatic hydroxyl groups excluding tert-OH is 1. The summed E-state index contributed by atoms with van der Waals surface area (Å²) in [5.74, 6) is 0. The Bertz CT molecular complexity index is 438. The molecule has 1 aromatic carbocycles. The van der Waals surface area contributed by atoms with Crippen LogP contribution in [-0.2, 0) is 4.74 Å². The molecule has 0 aliphatic carbocycles. The highest BCUT2D eigenvalue weighted by atomic mass is 79.9. The van der Waals surface area contributed by atoms with Crippen molar-refractivity contribution >= 4 is 27.7 Å². The fourth-order valence-electron chi connectivity index (χ4n) is 1.41. The van der Waals surface area contributed by atoms with E-state index in [0.29, 0.717) is 11.3 Å². The highest BCUT2D eigenvalue weighted by molar-refractivity contribution is 9.10. The lowest BCUT2D eigenvalue weighted by atomic mass is 10.1. The summed E-state index contributed by atoms with van der Waals surface area (Å²) in [6, 6.07) is 5.29. The first-order valence-electron chi connectivity index (χ1n) is 5.66. The van der Waals surface area contributed by atoms with Crippen molar-refractivity contribution in [3.8, 4) is 0 Å². The molecule has 0 saturated carbocycles. The summed E-state index contributed by atoms with van der Waals surface area (Å²) < 4.78 is 5.99. The lowest BCUT2D eigenvalue weighted by Crippen LogP contribution is -2.27. The number of halogens is 1. The maximum absolute atomic E-state index is 11.7. The summed E-state index contributed by atoms with van der Waals surface area (Å²) in [5.41, 5.74) is 0.624. The average Bonchev–Trinajstić information content (AvgIpc) is 2.13. The SMILES string of the molecule is C[C@H](O)c1ccc(Br)cc1NC(=O)OC(C)(C)C. The topological polar surface area (TPSA) is 58.6 Å². The number of anilines is 1. The summed E-state index contributed by atoms with van der Waals surface area (Å²) in [7, 11) is 0. The Labute approximate surface area is 115 Å². The Morgan fingerprint density at radius 3 is 2.56 bits per heavy atom. The largest absolute Gasteiger partial charge is 0.444 e. The number of nitrogens with one attached hydrogen (secondary N) is 1. The molecule has 0 spiro atoms. The van der Waals surface area contributed by atoms with Crippen LogP contribution in [0.2, 0.25) is 0 Å². The molecule has 0 fully saturated rings. The maximum atomic E-state index is 11.7. The number of carbonyl (C=O) groups is 1. The van der Waals surface area contributed by atoms with Gasteiger partial charge < -0.3 is 9.84 Å². The van der Waals surface area contributed by atoms with Crippen LogP contribution in [0.15, 0.2) is 22.7 Å². The van der Waals surface area contributed by atoms with Gasteiger partial charge in [0.1, 0.15) is 5.60 Å². The summed E-state index contributed by atoms with van der Waals surface area (Å²) in [6.45, 7) is 7.03. The Kier molecular flexibility index (Phi) is 4.76.